The second kappa shape index (κ2) is 10.5. The molecule has 2 rings (SSSR count). The maximum Gasteiger partial charge on any atom is 0.417 e. The molecule has 28 heavy (non-hydrogen) atoms. The van der Waals surface area contributed by atoms with Gasteiger partial charge in [-0.2, -0.15) is 13.2 Å². The van der Waals surface area contributed by atoms with Crippen molar-refractivity contribution in [3.05, 3.63) is 58.1 Å². The smallest absolute Gasteiger partial charge is 0.417 e. The number of alkyl halides is 3. The average Bonchev–Trinajstić information content (AvgIpc) is 2.60. The van der Waals surface area contributed by atoms with E-state index < -0.39 is 31.0 Å². The Morgan fingerprint density at radius 3 is 2.39 bits per heavy atom. The molecule has 0 spiro atoms. The van der Waals surface area contributed by atoms with E-state index in [1.165, 1.54) is 6.07 Å². The molecule has 9 heteroatoms. The molecule has 0 aliphatic heterocycles. The minimum Gasteiger partial charge on any atom is -0.631 e. The first kappa shape index (κ1) is 24.0. The molecule has 1 unspecified atom stereocenters. The Bertz CT molecular complexity index is 854. The van der Waals surface area contributed by atoms with Crippen LogP contribution in [-0.2, 0) is 12.6 Å². The van der Waals surface area contributed by atoms with Crippen molar-refractivity contribution in [2.75, 3.05) is 24.3 Å². The number of benzene rings is 2. The van der Waals surface area contributed by atoms with Gasteiger partial charge in [0, 0.05) is 26.2 Å². The van der Waals surface area contributed by atoms with Crippen LogP contribution in [0.1, 0.15) is 28.4 Å². The molecule has 2 aromatic rings. The van der Waals surface area contributed by atoms with Crippen molar-refractivity contribution in [2.45, 2.75) is 19.5 Å². The van der Waals surface area contributed by atoms with Gasteiger partial charge in [0.05, 0.1) is 29.1 Å². The van der Waals surface area contributed by atoms with Gasteiger partial charge in [-0.25, -0.2) is 0 Å². The molecule has 0 saturated heterocycles. The molecule has 0 saturated carbocycles. The van der Waals surface area contributed by atoms with E-state index in [2.05, 4.69) is 16.9 Å². The summed E-state index contributed by atoms with van der Waals surface area (Å²) in [6.45, 7) is 3.54. The van der Waals surface area contributed by atoms with E-state index >= 15 is 0 Å². The first-order valence-corrected chi connectivity index (χ1v) is 10.5. The Morgan fingerprint density at radius 1 is 1.29 bits per heavy atom. The zero-order valence-corrected chi connectivity index (χ0v) is 17.3. The first-order valence-electron chi connectivity index (χ1n) is 8.20. The number of anilines is 2. The van der Waals surface area contributed by atoms with Gasteiger partial charge in [-0.15, -0.1) is 0 Å². The fourth-order valence-electron chi connectivity index (χ4n) is 2.38. The van der Waals surface area contributed by atoms with E-state index in [9.17, 15) is 22.9 Å². The Morgan fingerprint density at radius 2 is 1.89 bits per heavy atom. The number of carbonyl (C=O) groups excluding carboxylic acids is 1. The van der Waals surface area contributed by atoms with E-state index in [0.717, 1.165) is 29.8 Å². The van der Waals surface area contributed by atoms with Gasteiger partial charge in [0.2, 0.25) is 0 Å². The Labute approximate surface area is 168 Å². The van der Waals surface area contributed by atoms with Gasteiger partial charge in [0.15, 0.2) is 0 Å². The zero-order chi connectivity index (χ0) is 21.5. The lowest BCUT2D eigenvalue weighted by Crippen LogP contribution is -2.19. The normalized spacial score (nSPS) is 11.2. The molecule has 0 fully saturated rings. The van der Waals surface area contributed by atoms with Gasteiger partial charge in [0.1, 0.15) is 0 Å². The summed E-state index contributed by atoms with van der Waals surface area (Å²) >= 11 is 5.83. The second-order valence-corrected chi connectivity index (χ2v) is 7.38. The Kier molecular flexibility index (Phi) is 8.95. The number of rotatable bonds is 4. The van der Waals surface area contributed by atoms with Crippen LogP contribution in [0.3, 0.4) is 0 Å². The maximum absolute atomic E-state index is 13.1. The van der Waals surface area contributed by atoms with Gasteiger partial charge in [0.25, 0.3) is 5.91 Å². The van der Waals surface area contributed by atoms with Gasteiger partial charge in [-0.05, 0) is 36.2 Å². The summed E-state index contributed by atoms with van der Waals surface area (Å²) in [4.78, 5) is 21.8. The zero-order valence-electron chi connectivity index (χ0n) is 15.7. The standard InChI is InChI=1S/C17H16ClF3N2O.C2H5OP/c1-3-10-7-8-11(9-14(10)22-2)23-16(24)15-12(17(19,20)21)5-4-6-13(15)18;1-4(2)3/h4-9,22H,3H2,1-2H3,(H,23,24);1H2,2H3. The third kappa shape index (κ3) is 6.82. The lowest BCUT2D eigenvalue weighted by atomic mass is 10.1. The lowest BCUT2D eigenvalue weighted by molar-refractivity contribution is -0.151. The summed E-state index contributed by atoms with van der Waals surface area (Å²) in [7, 11) is 0.612. The molecule has 0 radical (unpaired) electrons. The van der Waals surface area contributed by atoms with E-state index in [0.29, 0.717) is 5.69 Å². The highest BCUT2D eigenvalue weighted by atomic mass is 35.5. The number of amides is 1. The Hall–Kier alpha value is -2.08. The molecule has 4 nitrogen and oxygen atoms in total. The van der Waals surface area contributed by atoms with Crippen LogP contribution < -0.4 is 15.5 Å². The third-order valence-corrected chi connectivity index (χ3v) is 3.88. The highest BCUT2D eigenvalue weighted by Gasteiger charge is 2.36. The molecular formula is C19H21ClF3N2O2P. The van der Waals surface area contributed by atoms with Crippen LogP contribution in [0, 0.1) is 0 Å². The number of hydrogen-bond acceptors (Lipinski definition) is 3. The second-order valence-electron chi connectivity index (χ2n) is 5.72. The van der Waals surface area contributed by atoms with Crippen molar-refractivity contribution in [1.82, 2.24) is 0 Å². The van der Waals surface area contributed by atoms with Crippen LogP contribution in [-0.4, -0.2) is 25.9 Å². The molecule has 2 aromatic carbocycles. The molecule has 0 aliphatic rings. The van der Waals surface area contributed by atoms with Gasteiger partial charge < -0.3 is 15.5 Å². The molecular weight excluding hydrogens is 412 g/mol. The molecule has 152 valence electrons. The third-order valence-electron chi connectivity index (χ3n) is 3.56. The molecule has 1 amide bonds. The van der Waals surface area contributed by atoms with E-state index in [4.69, 9.17) is 11.6 Å². The van der Waals surface area contributed by atoms with Crippen LogP contribution in [0.15, 0.2) is 36.4 Å². The number of halogens is 4. The van der Waals surface area contributed by atoms with Crippen LogP contribution in [0.4, 0.5) is 24.5 Å². The molecule has 0 heterocycles. The molecule has 0 aliphatic carbocycles. The van der Waals surface area contributed by atoms with E-state index in [1.807, 2.05) is 6.92 Å². The van der Waals surface area contributed by atoms with Gasteiger partial charge in [-0.1, -0.05) is 30.7 Å². The summed E-state index contributed by atoms with van der Waals surface area (Å²) in [5, 5.41) is 5.21. The predicted octanol–water partition coefficient (Wildman–Crippen LogP) is 5.02. The quantitative estimate of drug-likeness (QED) is 0.667. The van der Waals surface area contributed by atoms with Crippen molar-refractivity contribution in [1.29, 1.82) is 0 Å². The van der Waals surface area contributed by atoms with E-state index in [-0.39, 0.29) is 5.02 Å². The summed E-state index contributed by atoms with van der Waals surface area (Å²) < 4.78 is 39.3. The molecule has 2 N–H and O–H groups in total. The van der Waals surface area contributed by atoms with Crippen LogP contribution in [0.5, 0.6) is 0 Å². The summed E-state index contributed by atoms with van der Waals surface area (Å²) in [6, 6.07) is 8.36. The monoisotopic (exact) mass is 432 g/mol. The van der Waals surface area contributed by atoms with Gasteiger partial charge >= 0.3 is 6.18 Å². The number of aryl methyl sites for hydroxylation is 1. The molecule has 0 bridgehead atoms. The summed E-state index contributed by atoms with van der Waals surface area (Å²) in [5.74, 6) is -0.903. The number of carbonyl (C=O) groups is 1. The SMILES string of the molecule is C=[P+](C)[O-].CCc1ccc(NC(=O)c2c(Cl)cccc2C(F)(F)F)cc1NC. The van der Waals surface area contributed by atoms with Crippen molar-refractivity contribution in [3.8, 4) is 0 Å². The van der Waals surface area contributed by atoms with Crippen LogP contribution in [0.2, 0.25) is 5.02 Å². The van der Waals surface area contributed by atoms with Crippen molar-refractivity contribution in [3.63, 3.8) is 0 Å². The average molecular weight is 433 g/mol. The highest BCUT2D eigenvalue weighted by molar-refractivity contribution is 7.47. The fourth-order valence-corrected chi connectivity index (χ4v) is 2.64. The van der Waals surface area contributed by atoms with Crippen LogP contribution in [0.25, 0.3) is 0 Å². The van der Waals surface area contributed by atoms with Gasteiger partial charge in [-0.3, -0.25) is 4.79 Å². The molecule has 0 aromatic heterocycles. The summed E-state index contributed by atoms with van der Waals surface area (Å²) in [5.41, 5.74) is 0.563. The minimum absolute atomic E-state index is 0.249. The number of nitrogens with one attached hydrogen (secondary N) is 2. The fraction of sp³-hybridized carbons (Fsp3) is 0.263. The topological polar surface area (TPSA) is 64.2 Å². The minimum atomic E-state index is -4.67. The van der Waals surface area contributed by atoms with E-state index in [1.54, 1.807) is 31.9 Å². The Balaban J connectivity index is 0.000000892. The largest absolute Gasteiger partial charge is 0.631 e. The highest BCUT2D eigenvalue weighted by Crippen LogP contribution is 2.35. The summed E-state index contributed by atoms with van der Waals surface area (Å²) in [6.07, 6.45) is -0.734. The predicted molar refractivity (Wildman–Crippen MR) is 110 cm³/mol. The number of hydrogen-bond donors (Lipinski definition) is 2. The lowest BCUT2D eigenvalue weighted by Gasteiger charge is -2.15. The first-order chi connectivity index (χ1) is 13.0. The van der Waals surface area contributed by atoms with Crippen molar-refractivity contribution < 1.29 is 22.9 Å². The van der Waals surface area contributed by atoms with Crippen molar-refractivity contribution >= 4 is 43.0 Å². The maximum atomic E-state index is 13.1. The van der Waals surface area contributed by atoms with Crippen molar-refractivity contribution in [2.24, 2.45) is 0 Å². The molecule has 1 atom stereocenters. The van der Waals surface area contributed by atoms with Crippen LogP contribution >= 0.6 is 19.4 Å².